The van der Waals surface area contributed by atoms with Crippen LogP contribution in [0.15, 0.2) is 77.9 Å². The van der Waals surface area contributed by atoms with E-state index >= 15 is 4.39 Å². The minimum absolute atomic E-state index is 0.0554. The number of hydroxylamine groups is 2. The van der Waals surface area contributed by atoms with Gasteiger partial charge in [0.1, 0.15) is 46.8 Å². The molecule has 75 heavy (non-hydrogen) atoms. The van der Waals surface area contributed by atoms with Gasteiger partial charge < -0.3 is 62.1 Å². The first-order valence-electron chi connectivity index (χ1n) is 24.0. The molecule has 5 atom stereocenters. The summed E-state index contributed by atoms with van der Waals surface area (Å²) in [6.45, 7) is 4.09. The van der Waals surface area contributed by atoms with Crippen LogP contribution in [-0.2, 0) is 44.9 Å². The fourth-order valence-corrected chi connectivity index (χ4v) is 8.64. The summed E-state index contributed by atoms with van der Waals surface area (Å²) in [4.78, 5) is 93.9. The number of halogens is 2. The second-order valence-corrected chi connectivity index (χ2v) is 18.5. The lowest BCUT2D eigenvalue weighted by Gasteiger charge is -2.37. The normalized spacial score (nSPS) is 15.6. The molecule has 0 aromatic heterocycles. The zero-order valence-corrected chi connectivity index (χ0v) is 43.1. The van der Waals surface area contributed by atoms with Crippen molar-refractivity contribution in [1.29, 1.82) is 0 Å². The van der Waals surface area contributed by atoms with Crippen LogP contribution in [0.5, 0.6) is 0 Å². The average molecular weight is 1070 g/mol. The van der Waals surface area contributed by atoms with Crippen LogP contribution >= 0.6 is 11.8 Å². The molecule has 0 saturated heterocycles. The molecule has 1 aliphatic heterocycles. The van der Waals surface area contributed by atoms with E-state index in [-0.39, 0.29) is 75.6 Å². The Kier molecular flexibility index (Phi) is 24.4. The number of primary amides is 1. The van der Waals surface area contributed by atoms with Crippen LogP contribution < -0.4 is 37.6 Å². The van der Waals surface area contributed by atoms with E-state index < -0.39 is 95.5 Å². The number of thioether (sulfide) groups is 1. The molecular weight excluding hydrogens is 1010 g/mol. The number of nitrogens with zero attached hydrogens (tertiary/aromatic N) is 3. The number of aliphatic hydroxyl groups is 2. The van der Waals surface area contributed by atoms with Crippen molar-refractivity contribution in [2.45, 2.75) is 95.3 Å². The van der Waals surface area contributed by atoms with Gasteiger partial charge in [-0.1, -0.05) is 75.0 Å². The van der Waals surface area contributed by atoms with Gasteiger partial charge in [0, 0.05) is 44.4 Å². The third kappa shape index (κ3) is 18.9. The average Bonchev–Trinajstić information content (AvgIpc) is 3.79. The Morgan fingerprint density at radius 1 is 0.880 bits per heavy atom. The highest BCUT2D eigenvalue weighted by Crippen LogP contribution is 2.51. The highest BCUT2D eigenvalue weighted by molar-refractivity contribution is 8.15. The molecule has 23 nitrogen and oxygen atoms in total. The predicted octanol–water partition coefficient (Wildman–Crippen LogP) is 4.08. The summed E-state index contributed by atoms with van der Waals surface area (Å²) in [5.41, 5.74) is 6.56. The van der Waals surface area contributed by atoms with E-state index in [1.54, 1.807) is 75.4 Å². The van der Waals surface area contributed by atoms with Crippen molar-refractivity contribution in [1.82, 2.24) is 36.7 Å². The van der Waals surface area contributed by atoms with E-state index in [0.717, 1.165) is 40.0 Å². The van der Waals surface area contributed by atoms with Gasteiger partial charge in [-0.05, 0) is 79.5 Å². The third-order valence-corrected chi connectivity index (χ3v) is 12.8. The number of anilines is 1. The van der Waals surface area contributed by atoms with Gasteiger partial charge in [-0.25, -0.2) is 33.0 Å². The Labute approximate surface area is 436 Å². The molecule has 0 radical (unpaired) electrons. The summed E-state index contributed by atoms with van der Waals surface area (Å²) in [5, 5.41) is 41.2. The van der Waals surface area contributed by atoms with E-state index in [2.05, 4.69) is 37.0 Å². The summed E-state index contributed by atoms with van der Waals surface area (Å²) in [6, 6.07) is 14.5. The van der Waals surface area contributed by atoms with Crippen molar-refractivity contribution in [3.05, 3.63) is 101 Å². The van der Waals surface area contributed by atoms with Crippen molar-refractivity contribution in [3.63, 3.8) is 0 Å². The number of carbonyl (C=O) groups is 7. The molecular formula is C49H66F2N10O13S. The van der Waals surface area contributed by atoms with Crippen LogP contribution in [0.3, 0.4) is 0 Å². The largest absolute Gasteiger partial charge is 0.445 e. The van der Waals surface area contributed by atoms with E-state index in [1.165, 1.54) is 14.2 Å². The summed E-state index contributed by atoms with van der Waals surface area (Å²) >= 11 is 1.06. The van der Waals surface area contributed by atoms with Crippen LogP contribution in [0.1, 0.15) is 76.0 Å². The van der Waals surface area contributed by atoms with E-state index in [9.17, 15) is 48.2 Å². The highest BCUT2D eigenvalue weighted by Gasteiger charge is 2.50. The van der Waals surface area contributed by atoms with Gasteiger partial charge in [0.25, 0.3) is 0 Å². The molecule has 0 aliphatic carbocycles. The standard InChI is InChI=1S/C49H66F2N10O13S/c1-6-35(27-62)74-40(64)29-73-47(69)55-25-21-39(63)58-41(30(2)3)43(66)57-38(14-10-23-53-45(52)67)42(65)56-34-18-15-31(16-19-34)28-72-46(68)54-24-11-22-49(32-12-8-7-9-13-32)61(48(70)60(4)71-5)59-44(75-49)36-26-33(50)17-20-37(36)51/h7-9,12-13,15-20,26,30,35,38,40-41,62,64H,6,10-11,14,21-25,27-29H2,1-5H3,(H,54,68)(H,55,69)(H,56,65)(H,57,66)(H,58,63)(H3,52,53,67)/t35?,38-,40?,41-,49-/m0/s1. The first-order chi connectivity index (χ1) is 35.8. The predicted molar refractivity (Wildman–Crippen MR) is 271 cm³/mol. The maximum absolute atomic E-state index is 15.1. The monoisotopic (exact) mass is 1070 g/mol. The molecule has 0 saturated carbocycles. The Balaban J connectivity index is 1.31. The van der Waals surface area contributed by atoms with Gasteiger partial charge in [0.2, 0.25) is 17.7 Å². The van der Waals surface area contributed by atoms with E-state index in [4.69, 9.17) is 24.8 Å². The highest BCUT2D eigenvalue weighted by atomic mass is 32.2. The Morgan fingerprint density at radius 2 is 1.56 bits per heavy atom. The molecule has 3 aromatic rings. The number of ether oxygens (including phenoxy) is 3. The number of hydrogen-bond donors (Lipinski definition) is 9. The molecule has 10 N–H and O–H groups in total. The maximum atomic E-state index is 15.1. The van der Waals surface area contributed by atoms with Crippen LogP contribution in [-0.4, -0.2) is 139 Å². The molecule has 3 aromatic carbocycles. The van der Waals surface area contributed by atoms with Crippen molar-refractivity contribution in [2.24, 2.45) is 16.8 Å². The third-order valence-electron chi connectivity index (χ3n) is 11.3. The molecule has 0 spiro atoms. The Bertz CT molecular complexity index is 2420. The summed E-state index contributed by atoms with van der Waals surface area (Å²) in [5.74, 6) is -3.77. The molecule has 1 aliphatic rings. The first kappa shape index (κ1) is 60.4. The zero-order chi connectivity index (χ0) is 55.1. The van der Waals surface area contributed by atoms with Crippen molar-refractivity contribution in [3.8, 4) is 0 Å². The minimum Gasteiger partial charge on any atom is -0.445 e. The minimum atomic E-state index is -1.47. The number of rotatable bonds is 28. The maximum Gasteiger partial charge on any atom is 0.407 e. The fraction of sp³-hybridized carbons (Fsp3) is 0.469. The molecule has 410 valence electrons. The zero-order valence-electron chi connectivity index (χ0n) is 42.3. The number of amides is 9. The fourth-order valence-electron chi connectivity index (χ4n) is 7.22. The molecule has 0 bridgehead atoms. The van der Waals surface area contributed by atoms with Crippen LogP contribution in [0.4, 0.5) is 33.6 Å². The van der Waals surface area contributed by atoms with Crippen LogP contribution in [0.2, 0.25) is 0 Å². The van der Waals surface area contributed by atoms with Gasteiger partial charge in [-0.3, -0.25) is 19.2 Å². The van der Waals surface area contributed by atoms with E-state index in [0.29, 0.717) is 23.2 Å². The van der Waals surface area contributed by atoms with Gasteiger partial charge in [0.15, 0.2) is 6.29 Å². The number of aliphatic hydroxyl groups excluding tert-OH is 2. The lowest BCUT2D eigenvalue weighted by Crippen LogP contribution is -2.54. The molecule has 1 heterocycles. The topological polar surface area (TPSA) is 314 Å². The Hall–Kier alpha value is -7.13. The number of carbonyl (C=O) groups excluding carboxylic acids is 7. The van der Waals surface area contributed by atoms with Crippen molar-refractivity contribution in [2.75, 3.05) is 52.3 Å². The summed E-state index contributed by atoms with van der Waals surface area (Å²) in [6.07, 6.45) is -2.89. The number of nitrogens with one attached hydrogen (secondary N) is 6. The molecule has 4 rings (SSSR count). The van der Waals surface area contributed by atoms with E-state index in [1.807, 2.05) is 0 Å². The van der Waals surface area contributed by atoms with Gasteiger partial charge in [-0.2, -0.15) is 10.1 Å². The number of hydrogen-bond acceptors (Lipinski definition) is 15. The first-order valence-corrected chi connectivity index (χ1v) is 24.8. The van der Waals surface area contributed by atoms with Gasteiger partial charge in [0.05, 0.1) is 19.8 Å². The molecule has 2 unspecified atom stereocenters. The van der Waals surface area contributed by atoms with Crippen LogP contribution in [0, 0.1) is 17.6 Å². The van der Waals surface area contributed by atoms with Gasteiger partial charge in [-0.15, -0.1) is 0 Å². The number of benzene rings is 3. The molecule has 26 heteroatoms. The lowest BCUT2D eigenvalue weighted by molar-refractivity contribution is -0.165. The SMILES string of the molecule is CCC(CO)OC(O)COC(=O)NCCC(=O)N[C@H](C(=O)N[C@@H](CCCNC(N)=O)C(=O)Nc1ccc(COC(=O)NCCC[C@@]2(c3ccccc3)SC(c3cc(F)ccc3F)=NN2C(=O)N(C)OC)cc1)C(C)C. The summed E-state index contributed by atoms with van der Waals surface area (Å²) in [7, 11) is 2.68. The van der Waals surface area contributed by atoms with Gasteiger partial charge >= 0.3 is 24.2 Å². The number of alkyl carbamates (subject to hydrolysis) is 2. The smallest absolute Gasteiger partial charge is 0.407 e. The second kappa shape index (κ2) is 30.3. The summed E-state index contributed by atoms with van der Waals surface area (Å²) < 4.78 is 44.8. The molecule has 9 amide bonds. The number of urea groups is 2. The van der Waals surface area contributed by atoms with Crippen LogP contribution in [0.25, 0.3) is 0 Å². The van der Waals surface area contributed by atoms with Crippen molar-refractivity contribution >= 4 is 64.5 Å². The van der Waals surface area contributed by atoms with Crippen molar-refractivity contribution < 1.29 is 71.6 Å². The Morgan fingerprint density at radius 3 is 2.21 bits per heavy atom. The second-order valence-electron chi connectivity index (χ2n) is 17.2. The number of nitrogens with two attached hydrogens (primary N) is 1. The lowest BCUT2D eigenvalue weighted by atomic mass is 10.0. The number of hydrazone groups is 1. The molecule has 0 fully saturated rings. The quantitative estimate of drug-likeness (QED) is 0.0281.